The highest BCUT2D eigenvalue weighted by Crippen LogP contribution is 2.39. The lowest BCUT2D eigenvalue weighted by atomic mass is 10.2. The van der Waals surface area contributed by atoms with Gasteiger partial charge in [-0.1, -0.05) is 5.16 Å². The van der Waals surface area contributed by atoms with E-state index in [2.05, 4.69) is 49.6 Å². The van der Waals surface area contributed by atoms with Crippen molar-refractivity contribution in [1.82, 2.24) is 20.3 Å². The lowest BCUT2D eigenvalue weighted by molar-refractivity contribution is 0.289. The number of rotatable bonds is 4. The first kappa shape index (κ1) is 12.5. The van der Waals surface area contributed by atoms with Gasteiger partial charge in [0.2, 0.25) is 0 Å². The van der Waals surface area contributed by atoms with Crippen molar-refractivity contribution >= 4 is 5.82 Å². The molecule has 2 aliphatic rings. The minimum absolute atomic E-state index is 0.642. The molecule has 0 radical (unpaired) electrons. The molecule has 6 nitrogen and oxygen atoms in total. The molecule has 0 atom stereocenters. The van der Waals surface area contributed by atoms with Crippen molar-refractivity contribution in [1.29, 1.82) is 0 Å². The van der Waals surface area contributed by atoms with Gasteiger partial charge < -0.3 is 14.3 Å². The number of aromatic amines is 1. The quantitative estimate of drug-likeness (QED) is 0.934. The fourth-order valence-electron chi connectivity index (χ4n) is 2.66. The predicted molar refractivity (Wildman–Crippen MR) is 78.7 cm³/mol. The summed E-state index contributed by atoms with van der Waals surface area (Å²) in [5, 5.41) is 11.5. The summed E-state index contributed by atoms with van der Waals surface area (Å²) in [4.78, 5) is 4.44. The lowest BCUT2D eigenvalue weighted by Gasteiger charge is -2.32. The molecular weight excluding hydrogens is 266 g/mol. The fraction of sp³-hybridized carbons (Fsp3) is 0.467. The van der Waals surface area contributed by atoms with Crippen LogP contribution in [0.4, 0.5) is 5.82 Å². The highest BCUT2D eigenvalue weighted by molar-refractivity contribution is 5.40. The Balaban J connectivity index is 1.42. The second-order valence-corrected chi connectivity index (χ2v) is 5.90. The number of nitrogens with one attached hydrogen (secondary N) is 1. The summed E-state index contributed by atoms with van der Waals surface area (Å²) < 4.78 is 5.45. The number of hydrogen-bond acceptors (Lipinski definition) is 5. The van der Waals surface area contributed by atoms with E-state index in [0.717, 1.165) is 42.7 Å². The number of nitrogens with zero attached hydrogens (tertiary/aromatic N) is 4. The van der Waals surface area contributed by atoms with E-state index in [4.69, 9.17) is 4.52 Å². The van der Waals surface area contributed by atoms with Gasteiger partial charge in [-0.15, -0.1) is 0 Å². The average Bonchev–Trinajstić information content (AvgIpc) is 3.09. The van der Waals surface area contributed by atoms with Crippen LogP contribution < -0.4 is 4.90 Å². The number of H-pyrrole nitrogens is 1. The maximum Gasteiger partial charge on any atom is 0.156 e. The molecule has 1 aliphatic carbocycles. The molecule has 110 valence electrons. The fourth-order valence-corrected chi connectivity index (χ4v) is 2.66. The van der Waals surface area contributed by atoms with Crippen LogP contribution in [0.5, 0.6) is 0 Å². The number of aromatic nitrogens is 3. The molecule has 3 heterocycles. The molecule has 1 N–H and O–H groups in total. The molecule has 2 aromatic rings. The van der Waals surface area contributed by atoms with Crippen LogP contribution in [0.3, 0.4) is 0 Å². The molecule has 4 rings (SSSR count). The summed E-state index contributed by atoms with van der Waals surface area (Å²) in [7, 11) is 0. The van der Waals surface area contributed by atoms with Gasteiger partial charge >= 0.3 is 0 Å². The van der Waals surface area contributed by atoms with Gasteiger partial charge in [-0.3, -0.25) is 5.10 Å². The van der Waals surface area contributed by atoms with Crippen molar-refractivity contribution in [3.63, 3.8) is 0 Å². The van der Waals surface area contributed by atoms with Crippen LogP contribution in [0.1, 0.15) is 35.9 Å². The van der Waals surface area contributed by atoms with Crippen molar-refractivity contribution in [3.8, 4) is 0 Å². The van der Waals surface area contributed by atoms with E-state index in [1.165, 1.54) is 12.8 Å². The van der Waals surface area contributed by atoms with E-state index >= 15 is 0 Å². The number of hydrogen-bond donors (Lipinski definition) is 1. The third-order valence-electron chi connectivity index (χ3n) is 3.94. The highest BCUT2D eigenvalue weighted by Gasteiger charge is 2.27. The Morgan fingerprint density at radius 2 is 2.29 bits per heavy atom. The van der Waals surface area contributed by atoms with E-state index in [9.17, 15) is 0 Å². The predicted octanol–water partition coefficient (Wildman–Crippen LogP) is 2.38. The SMILES string of the molecule is Cc1cc(N2CC=CN(Cc3cc(C4CC4)no3)C2)n[nH]1. The normalized spacial score (nSPS) is 18.5. The van der Waals surface area contributed by atoms with Gasteiger partial charge in [0.15, 0.2) is 11.6 Å². The zero-order valence-corrected chi connectivity index (χ0v) is 12.1. The van der Waals surface area contributed by atoms with Crippen LogP contribution in [-0.4, -0.2) is 33.5 Å². The first-order valence-electron chi connectivity index (χ1n) is 7.41. The topological polar surface area (TPSA) is 61.2 Å². The van der Waals surface area contributed by atoms with Crippen LogP contribution in [0.2, 0.25) is 0 Å². The van der Waals surface area contributed by atoms with Gasteiger partial charge in [-0.25, -0.2) is 0 Å². The molecule has 0 spiro atoms. The molecule has 21 heavy (non-hydrogen) atoms. The van der Waals surface area contributed by atoms with Crippen LogP contribution in [0.15, 0.2) is 28.9 Å². The molecule has 1 fully saturated rings. The molecule has 0 bridgehead atoms. The second-order valence-electron chi connectivity index (χ2n) is 5.90. The Hall–Kier alpha value is -2.24. The summed E-state index contributed by atoms with van der Waals surface area (Å²) in [5.74, 6) is 2.56. The van der Waals surface area contributed by atoms with Gasteiger partial charge in [-0.05, 0) is 32.0 Å². The Labute approximate surface area is 123 Å². The zero-order valence-electron chi connectivity index (χ0n) is 12.1. The standard InChI is InChI=1S/C15H19N5O/c1-11-7-15(17-16-11)20-6-2-5-19(10-20)9-13-8-14(18-21-13)12-3-4-12/h2,5,7-8,12H,3-4,6,9-10H2,1H3,(H,16,17). The van der Waals surface area contributed by atoms with E-state index in [1.807, 2.05) is 6.92 Å². The summed E-state index contributed by atoms with van der Waals surface area (Å²) >= 11 is 0. The van der Waals surface area contributed by atoms with E-state index < -0.39 is 0 Å². The lowest BCUT2D eigenvalue weighted by Crippen LogP contribution is -2.38. The minimum Gasteiger partial charge on any atom is -0.359 e. The number of anilines is 1. The van der Waals surface area contributed by atoms with E-state index in [-0.39, 0.29) is 0 Å². The Morgan fingerprint density at radius 1 is 1.38 bits per heavy atom. The molecule has 0 saturated heterocycles. The van der Waals surface area contributed by atoms with Crippen molar-refractivity contribution < 1.29 is 4.52 Å². The molecular formula is C15H19N5O. The van der Waals surface area contributed by atoms with Gasteiger partial charge in [0.05, 0.1) is 18.9 Å². The Morgan fingerprint density at radius 3 is 3.05 bits per heavy atom. The largest absolute Gasteiger partial charge is 0.359 e. The Bertz CT molecular complexity index is 655. The average molecular weight is 285 g/mol. The molecule has 0 aromatic carbocycles. The molecule has 2 aromatic heterocycles. The molecule has 0 amide bonds. The zero-order chi connectivity index (χ0) is 14.2. The van der Waals surface area contributed by atoms with Crippen LogP contribution in [-0.2, 0) is 6.54 Å². The summed E-state index contributed by atoms with van der Waals surface area (Å²) in [6.45, 7) is 4.45. The summed E-state index contributed by atoms with van der Waals surface area (Å²) in [6, 6.07) is 4.17. The van der Waals surface area contributed by atoms with Gasteiger partial charge in [0.1, 0.15) is 0 Å². The van der Waals surface area contributed by atoms with E-state index in [0.29, 0.717) is 5.92 Å². The molecule has 6 heteroatoms. The van der Waals surface area contributed by atoms with Crippen LogP contribution in [0.25, 0.3) is 0 Å². The highest BCUT2D eigenvalue weighted by atomic mass is 16.5. The van der Waals surface area contributed by atoms with Gasteiger partial charge in [0, 0.05) is 30.3 Å². The van der Waals surface area contributed by atoms with Crippen molar-refractivity contribution in [2.24, 2.45) is 0 Å². The summed E-state index contributed by atoms with van der Waals surface area (Å²) in [6.07, 6.45) is 6.77. The first-order chi connectivity index (χ1) is 10.3. The smallest absolute Gasteiger partial charge is 0.156 e. The minimum atomic E-state index is 0.642. The van der Waals surface area contributed by atoms with Crippen LogP contribution in [0, 0.1) is 6.92 Å². The summed E-state index contributed by atoms with van der Waals surface area (Å²) in [5.41, 5.74) is 2.20. The van der Waals surface area contributed by atoms with Crippen molar-refractivity contribution in [3.05, 3.63) is 41.6 Å². The monoisotopic (exact) mass is 285 g/mol. The van der Waals surface area contributed by atoms with Crippen molar-refractivity contribution in [2.45, 2.75) is 32.2 Å². The Kier molecular flexibility index (Phi) is 2.94. The molecule has 1 saturated carbocycles. The maximum absolute atomic E-state index is 5.45. The maximum atomic E-state index is 5.45. The van der Waals surface area contributed by atoms with E-state index in [1.54, 1.807) is 0 Å². The molecule has 0 unspecified atom stereocenters. The third kappa shape index (κ3) is 2.66. The number of aryl methyl sites for hydroxylation is 1. The first-order valence-corrected chi connectivity index (χ1v) is 7.41. The second kappa shape index (κ2) is 4.95. The van der Waals surface area contributed by atoms with Gasteiger partial charge in [0.25, 0.3) is 0 Å². The van der Waals surface area contributed by atoms with Crippen molar-refractivity contribution in [2.75, 3.05) is 18.1 Å². The van der Waals surface area contributed by atoms with Gasteiger partial charge in [-0.2, -0.15) is 5.10 Å². The third-order valence-corrected chi connectivity index (χ3v) is 3.94. The molecule has 1 aliphatic heterocycles. The van der Waals surface area contributed by atoms with Crippen LogP contribution >= 0.6 is 0 Å².